The summed E-state index contributed by atoms with van der Waals surface area (Å²) in [5, 5.41) is 0. The van der Waals surface area contributed by atoms with Crippen LogP contribution in [0.5, 0.6) is 0 Å². The molecule has 10 heteroatoms. The van der Waals surface area contributed by atoms with Gasteiger partial charge in [-0.1, -0.05) is 367 Å². The zero-order valence-corrected chi connectivity index (χ0v) is 56.2. The van der Waals surface area contributed by atoms with Gasteiger partial charge >= 0.3 is 19.8 Å². The molecule has 2 unspecified atom stereocenters. The lowest BCUT2D eigenvalue weighted by Crippen LogP contribution is -2.37. The van der Waals surface area contributed by atoms with E-state index in [-0.39, 0.29) is 25.6 Å². The average molecular weight is 1170 g/mol. The number of esters is 2. The van der Waals surface area contributed by atoms with Crippen LogP contribution in [-0.2, 0) is 32.7 Å². The van der Waals surface area contributed by atoms with Crippen LogP contribution >= 0.6 is 7.82 Å². The minimum absolute atomic E-state index is 0.0376. The molecule has 484 valence electrons. The van der Waals surface area contributed by atoms with E-state index in [1.807, 2.05) is 21.1 Å². The lowest BCUT2D eigenvalue weighted by molar-refractivity contribution is -0.870. The zero-order chi connectivity index (χ0) is 59.1. The van der Waals surface area contributed by atoms with Gasteiger partial charge in [0.15, 0.2) is 6.10 Å². The number of hydrogen-bond acceptors (Lipinski definition) is 7. The molecule has 0 aromatic rings. The van der Waals surface area contributed by atoms with Gasteiger partial charge in [-0.05, 0) is 12.8 Å². The maximum absolute atomic E-state index is 12.9. The molecular formula is C71H143NO8P+. The first-order valence-electron chi connectivity index (χ1n) is 36.3. The van der Waals surface area contributed by atoms with E-state index in [0.29, 0.717) is 17.4 Å². The molecule has 0 aliphatic carbocycles. The summed E-state index contributed by atoms with van der Waals surface area (Å²) < 4.78 is 34.7. The lowest BCUT2D eigenvalue weighted by atomic mass is 10.0. The second kappa shape index (κ2) is 63.5. The Kier molecular flexibility index (Phi) is 62.7. The van der Waals surface area contributed by atoms with Crippen molar-refractivity contribution in [1.29, 1.82) is 0 Å². The van der Waals surface area contributed by atoms with Crippen molar-refractivity contribution in [3.8, 4) is 0 Å². The van der Waals surface area contributed by atoms with Gasteiger partial charge in [-0.3, -0.25) is 18.6 Å². The summed E-state index contributed by atoms with van der Waals surface area (Å²) in [5.41, 5.74) is 0. The number of likely N-dealkylation sites (N-methyl/N-ethyl adjacent to an activating group) is 1. The third-order valence-electron chi connectivity index (χ3n) is 16.9. The van der Waals surface area contributed by atoms with E-state index in [1.54, 1.807) is 0 Å². The Morgan fingerprint density at radius 1 is 0.333 bits per heavy atom. The fourth-order valence-corrected chi connectivity index (χ4v) is 12.1. The van der Waals surface area contributed by atoms with Crippen LogP contribution < -0.4 is 0 Å². The van der Waals surface area contributed by atoms with E-state index < -0.39 is 26.5 Å². The number of hydrogen-bond donors (Lipinski definition) is 1. The van der Waals surface area contributed by atoms with E-state index in [4.69, 9.17) is 18.5 Å². The van der Waals surface area contributed by atoms with Gasteiger partial charge in [0.1, 0.15) is 19.8 Å². The summed E-state index contributed by atoms with van der Waals surface area (Å²) in [6.07, 6.45) is 76.7. The quantitative estimate of drug-likeness (QED) is 0.0278. The lowest BCUT2D eigenvalue weighted by Gasteiger charge is -2.24. The molecule has 2 atom stereocenters. The molecule has 0 bridgehead atoms. The highest BCUT2D eigenvalue weighted by molar-refractivity contribution is 7.47. The number of nitrogens with zero attached hydrogens (tertiary/aromatic N) is 1. The maximum Gasteiger partial charge on any atom is 0.472 e. The number of carbonyl (C=O) groups excluding carboxylic acids is 2. The zero-order valence-electron chi connectivity index (χ0n) is 55.3. The molecule has 0 aromatic carbocycles. The molecule has 9 nitrogen and oxygen atoms in total. The predicted octanol–water partition coefficient (Wildman–Crippen LogP) is 23.3. The van der Waals surface area contributed by atoms with Gasteiger partial charge in [-0.25, -0.2) is 4.57 Å². The molecule has 0 aliphatic rings. The van der Waals surface area contributed by atoms with Gasteiger partial charge < -0.3 is 18.9 Å². The number of quaternary nitrogens is 1. The Morgan fingerprint density at radius 2 is 0.556 bits per heavy atom. The Labute approximate surface area is 505 Å². The highest BCUT2D eigenvalue weighted by Crippen LogP contribution is 2.43. The summed E-state index contributed by atoms with van der Waals surface area (Å²) in [4.78, 5) is 35.8. The molecule has 0 spiro atoms. The number of unbranched alkanes of at least 4 members (excludes halogenated alkanes) is 55. The Hall–Kier alpha value is -0.990. The van der Waals surface area contributed by atoms with E-state index in [1.165, 1.54) is 327 Å². The number of ether oxygens (including phenoxy) is 2. The van der Waals surface area contributed by atoms with Crippen LogP contribution in [0.4, 0.5) is 0 Å². The normalized spacial score (nSPS) is 13.0. The Morgan fingerprint density at radius 3 is 0.790 bits per heavy atom. The molecule has 0 fully saturated rings. The number of rotatable bonds is 69. The van der Waals surface area contributed by atoms with E-state index in [0.717, 1.165) is 38.5 Å². The monoisotopic (exact) mass is 1170 g/mol. The fraction of sp³-hybridized carbons (Fsp3) is 0.972. The number of phosphoric ester groups is 1. The van der Waals surface area contributed by atoms with Crippen molar-refractivity contribution in [3.63, 3.8) is 0 Å². The molecule has 1 N–H and O–H groups in total. The largest absolute Gasteiger partial charge is 0.472 e. The molecule has 0 amide bonds. The second-order valence-electron chi connectivity index (χ2n) is 26.4. The van der Waals surface area contributed by atoms with Crippen LogP contribution in [0.3, 0.4) is 0 Å². The molecule has 81 heavy (non-hydrogen) atoms. The van der Waals surface area contributed by atoms with Gasteiger partial charge in [0.2, 0.25) is 0 Å². The third kappa shape index (κ3) is 68.0. The van der Waals surface area contributed by atoms with E-state index >= 15 is 0 Å². The van der Waals surface area contributed by atoms with Crippen molar-refractivity contribution < 1.29 is 42.1 Å². The average Bonchev–Trinajstić information content (AvgIpc) is 3.43. The van der Waals surface area contributed by atoms with Crippen molar-refractivity contribution in [2.24, 2.45) is 0 Å². The van der Waals surface area contributed by atoms with Gasteiger partial charge in [-0.15, -0.1) is 0 Å². The van der Waals surface area contributed by atoms with Crippen LogP contribution in [0.2, 0.25) is 0 Å². The minimum Gasteiger partial charge on any atom is -0.462 e. The van der Waals surface area contributed by atoms with Crippen molar-refractivity contribution in [2.75, 3.05) is 47.5 Å². The van der Waals surface area contributed by atoms with Gasteiger partial charge in [-0.2, -0.15) is 0 Å². The first-order valence-corrected chi connectivity index (χ1v) is 37.8. The Bertz CT molecular complexity index is 1330. The van der Waals surface area contributed by atoms with Crippen LogP contribution in [0.15, 0.2) is 0 Å². The van der Waals surface area contributed by atoms with Gasteiger partial charge in [0.25, 0.3) is 0 Å². The molecule has 0 saturated heterocycles. The summed E-state index contributed by atoms with van der Waals surface area (Å²) in [5.74, 6) is -0.769. The molecule has 0 heterocycles. The summed E-state index contributed by atoms with van der Waals surface area (Å²) in [6.45, 7) is 4.53. The fourth-order valence-electron chi connectivity index (χ4n) is 11.3. The molecule has 0 aliphatic heterocycles. The van der Waals surface area contributed by atoms with Crippen molar-refractivity contribution in [1.82, 2.24) is 0 Å². The summed E-state index contributed by atoms with van der Waals surface area (Å²) in [6, 6.07) is 0. The summed E-state index contributed by atoms with van der Waals surface area (Å²) >= 11 is 0. The van der Waals surface area contributed by atoms with E-state index in [2.05, 4.69) is 13.8 Å². The van der Waals surface area contributed by atoms with Crippen molar-refractivity contribution in [2.45, 2.75) is 399 Å². The van der Waals surface area contributed by atoms with E-state index in [9.17, 15) is 19.0 Å². The molecule has 0 radical (unpaired) electrons. The first kappa shape index (κ1) is 80.0. The highest BCUT2D eigenvalue weighted by Gasteiger charge is 2.27. The molecular weight excluding hydrogens is 1030 g/mol. The van der Waals surface area contributed by atoms with Crippen LogP contribution in [0.25, 0.3) is 0 Å². The molecule has 0 saturated carbocycles. The van der Waals surface area contributed by atoms with Crippen molar-refractivity contribution in [3.05, 3.63) is 0 Å². The Balaban J connectivity index is 3.87. The minimum atomic E-state index is -4.38. The smallest absolute Gasteiger partial charge is 0.462 e. The summed E-state index contributed by atoms with van der Waals surface area (Å²) in [7, 11) is 1.51. The van der Waals surface area contributed by atoms with Crippen LogP contribution in [0.1, 0.15) is 393 Å². The SMILES string of the molecule is CCCCCCCCCCCCCCCCCCCCCCCCCCCCCCCCCCCCCCCCC(=O)OC(COC(=O)CCCCCCCCCCCCCCCCCCCCC)COP(=O)(O)OCC[N+](C)(C)C. The third-order valence-corrected chi connectivity index (χ3v) is 17.9. The van der Waals surface area contributed by atoms with Crippen molar-refractivity contribution >= 4 is 19.8 Å². The maximum atomic E-state index is 12.9. The topological polar surface area (TPSA) is 108 Å². The van der Waals surface area contributed by atoms with Crippen LogP contribution in [-0.4, -0.2) is 74.9 Å². The second-order valence-corrected chi connectivity index (χ2v) is 27.8. The molecule has 0 aromatic heterocycles. The van der Waals surface area contributed by atoms with Crippen LogP contribution in [0, 0.1) is 0 Å². The number of carbonyl (C=O) groups is 2. The first-order chi connectivity index (χ1) is 39.5. The van der Waals surface area contributed by atoms with Gasteiger partial charge in [0, 0.05) is 12.8 Å². The standard InChI is InChI=1S/C71H142NO8P/c1-6-8-10-12-14-16-18-20-22-24-26-27-28-29-30-31-32-33-34-35-36-37-38-39-40-41-42-43-44-46-48-50-52-54-56-58-60-62-64-71(74)80-69(68-79-81(75,76)78-66-65-72(3,4)5)67-77-70(73)63-61-59-57-55-53-51-49-47-45-25-23-21-19-17-15-13-11-9-7-2/h69H,6-68H2,1-5H3/p+1. The number of phosphoric acid groups is 1. The van der Waals surface area contributed by atoms with Gasteiger partial charge in [0.05, 0.1) is 27.7 Å². The highest BCUT2D eigenvalue weighted by atomic mass is 31.2. The molecule has 0 rings (SSSR count). The predicted molar refractivity (Wildman–Crippen MR) is 349 cm³/mol.